The van der Waals surface area contributed by atoms with Crippen molar-refractivity contribution in [2.45, 2.75) is 19.4 Å². The number of carbonyl (C=O) groups excluding carboxylic acids is 1. The highest BCUT2D eigenvalue weighted by Crippen LogP contribution is 2.14. The molecule has 0 heterocycles. The van der Waals surface area contributed by atoms with Gasteiger partial charge in [-0.3, -0.25) is 0 Å². The molecule has 1 rings (SSSR count). The van der Waals surface area contributed by atoms with Gasteiger partial charge in [0.1, 0.15) is 6.29 Å². The summed E-state index contributed by atoms with van der Waals surface area (Å²) in [6.07, 6.45) is 1.89. The first kappa shape index (κ1) is 9.93. The van der Waals surface area contributed by atoms with Crippen molar-refractivity contribution in [2.24, 2.45) is 0 Å². The first-order valence-corrected chi connectivity index (χ1v) is 4.60. The molecule has 0 radical (unpaired) electrons. The fourth-order valence-corrected chi connectivity index (χ4v) is 1.37. The number of aldehydes is 1. The lowest BCUT2D eigenvalue weighted by atomic mass is 10.1. The SMILES string of the molecule is CCC(NCC=O)c1ccccc1. The molecule has 2 nitrogen and oxygen atoms in total. The van der Waals surface area contributed by atoms with Crippen molar-refractivity contribution >= 4 is 6.29 Å². The van der Waals surface area contributed by atoms with Crippen LogP contribution in [0.5, 0.6) is 0 Å². The van der Waals surface area contributed by atoms with Crippen LogP contribution in [0.25, 0.3) is 0 Å². The highest BCUT2D eigenvalue weighted by molar-refractivity contribution is 5.52. The number of carbonyl (C=O) groups is 1. The molecule has 2 heteroatoms. The van der Waals surface area contributed by atoms with Crippen molar-refractivity contribution in [1.29, 1.82) is 0 Å². The predicted molar refractivity (Wildman–Crippen MR) is 53.5 cm³/mol. The second-order valence-corrected chi connectivity index (χ2v) is 2.95. The fourth-order valence-electron chi connectivity index (χ4n) is 1.37. The average molecular weight is 177 g/mol. The van der Waals surface area contributed by atoms with Gasteiger partial charge in [0.05, 0.1) is 6.54 Å². The van der Waals surface area contributed by atoms with Gasteiger partial charge in [0.25, 0.3) is 0 Å². The van der Waals surface area contributed by atoms with Gasteiger partial charge >= 0.3 is 0 Å². The van der Waals surface area contributed by atoms with E-state index in [0.29, 0.717) is 12.6 Å². The molecule has 0 aliphatic heterocycles. The first-order chi connectivity index (χ1) is 6.38. The lowest BCUT2D eigenvalue weighted by molar-refractivity contribution is -0.107. The molecule has 0 saturated carbocycles. The Balaban J connectivity index is 2.61. The summed E-state index contributed by atoms with van der Waals surface area (Å²) in [5, 5.41) is 3.17. The molecule has 1 unspecified atom stereocenters. The fraction of sp³-hybridized carbons (Fsp3) is 0.364. The zero-order chi connectivity index (χ0) is 9.52. The number of benzene rings is 1. The molecule has 0 aliphatic rings. The largest absolute Gasteiger partial charge is 0.303 e. The molecular weight excluding hydrogens is 162 g/mol. The normalized spacial score (nSPS) is 12.4. The minimum absolute atomic E-state index is 0.298. The number of rotatable bonds is 5. The maximum Gasteiger partial charge on any atom is 0.133 e. The molecule has 70 valence electrons. The van der Waals surface area contributed by atoms with E-state index in [1.54, 1.807) is 0 Å². The third kappa shape index (κ3) is 2.99. The van der Waals surface area contributed by atoms with Gasteiger partial charge < -0.3 is 10.1 Å². The Kier molecular flexibility index (Phi) is 4.19. The lowest BCUT2D eigenvalue weighted by Gasteiger charge is -2.15. The second kappa shape index (κ2) is 5.49. The van der Waals surface area contributed by atoms with E-state index in [2.05, 4.69) is 24.4 Å². The number of nitrogens with one attached hydrogen (secondary N) is 1. The maximum absolute atomic E-state index is 10.2. The van der Waals surface area contributed by atoms with Crippen LogP contribution in [0.2, 0.25) is 0 Å². The molecule has 0 bridgehead atoms. The minimum Gasteiger partial charge on any atom is -0.303 e. The molecule has 0 aromatic heterocycles. The van der Waals surface area contributed by atoms with E-state index in [1.807, 2.05) is 18.2 Å². The van der Waals surface area contributed by atoms with E-state index in [0.717, 1.165) is 12.7 Å². The summed E-state index contributed by atoms with van der Waals surface area (Å²) in [6, 6.07) is 10.5. The monoisotopic (exact) mass is 177 g/mol. The quantitative estimate of drug-likeness (QED) is 0.696. The lowest BCUT2D eigenvalue weighted by Crippen LogP contribution is -2.22. The Morgan fingerprint density at radius 1 is 1.38 bits per heavy atom. The van der Waals surface area contributed by atoms with Crippen molar-refractivity contribution in [3.05, 3.63) is 35.9 Å². The van der Waals surface area contributed by atoms with Crippen LogP contribution in [-0.4, -0.2) is 12.8 Å². The number of hydrogen-bond donors (Lipinski definition) is 1. The van der Waals surface area contributed by atoms with Crippen LogP contribution in [0.3, 0.4) is 0 Å². The van der Waals surface area contributed by atoms with E-state index in [4.69, 9.17) is 0 Å². The number of hydrogen-bond acceptors (Lipinski definition) is 2. The van der Waals surface area contributed by atoms with E-state index < -0.39 is 0 Å². The summed E-state index contributed by atoms with van der Waals surface area (Å²) in [5.41, 5.74) is 1.24. The Labute approximate surface area is 79.0 Å². The van der Waals surface area contributed by atoms with Crippen LogP contribution in [0.15, 0.2) is 30.3 Å². The molecule has 1 aromatic rings. The zero-order valence-electron chi connectivity index (χ0n) is 7.86. The molecule has 1 N–H and O–H groups in total. The third-order valence-corrected chi connectivity index (χ3v) is 2.06. The van der Waals surface area contributed by atoms with Gasteiger partial charge in [-0.15, -0.1) is 0 Å². The summed E-state index contributed by atoms with van der Waals surface area (Å²) >= 11 is 0. The van der Waals surface area contributed by atoms with Crippen LogP contribution in [0.1, 0.15) is 24.9 Å². The Bertz CT molecular complexity index is 246. The topological polar surface area (TPSA) is 29.1 Å². The van der Waals surface area contributed by atoms with Crippen molar-refractivity contribution in [2.75, 3.05) is 6.54 Å². The van der Waals surface area contributed by atoms with Crippen LogP contribution in [0, 0.1) is 0 Å². The molecule has 13 heavy (non-hydrogen) atoms. The van der Waals surface area contributed by atoms with Gasteiger partial charge in [0.15, 0.2) is 0 Å². The van der Waals surface area contributed by atoms with Gasteiger partial charge in [0, 0.05) is 6.04 Å². The van der Waals surface area contributed by atoms with Gasteiger partial charge in [-0.25, -0.2) is 0 Å². The smallest absolute Gasteiger partial charge is 0.133 e. The Morgan fingerprint density at radius 2 is 2.08 bits per heavy atom. The van der Waals surface area contributed by atoms with Gasteiger partial charge in [0.2, 0.25) is 0 Å². The molecule has 1 atom stereocenters. The van der Waals surface area contributed by atoms with Crippen molar-refractivity contribution in [3.63, 3.8) is 0 Å². The van der Waals surface area contributed by atoms with Crippen molar-refractivity contribution < 1.29 is 4.79 Å². The standard InChI is InChI=1S/C11H15NO/c1-2-11(12-8-9-13)10-6-4-3-5-7-10/h3-7,9,11-12H,2,8H2,1H3. The third-order valence-electron chi connectivity index (χ3n) is 2.06. The second-order valence-electron chi connectivity index (χ2n) is 2.95. The molecule has 0 fully saturated rings. The predicted octanol–water partition coefficient (Wildman–Crippen LogP) is 1.93. The Morgan fingerprint density at radius 3 is 2.62 bits per heavy atom. The minimum atomic E-state index is 0.298. The van der Waals surface area contributed by atoms with Crippen molar-refractivity contribution in [3.8, 4) is 0 Å². The van der Waals surface area contributed by atoms with E-state index >= 15 is 0 Å². The zero-order valence-corrected chi connectivity index (χ0v) is 7.86. The van der Waals surface area contributed by atoms with Gasteiger partial charge in [-0.2, -0.15) is 0 Å². The molecule has 0 spiro atoms. The molecule has 0 saturated heterocycles. The summed E-state index contributed by atoms with van der Waals surface area (Å²) < 4.78 is 0. The molecule has 1 aromatic carbocycles. The average Bonchev–Trinajstić information content (AvgIpc) is 2.21. The summed E-state index contributed by atoms with van der Waals surface area (Å²) in [7, 11) is 0. The first-order valence-electron chi connectivity index (χ1n) is 4.60. The van der Waals surface area contributed by atoms with E-state index in [-0.39, 0.29) is 0 Å². The van der Waals surface area contributed by atoms with Gasteiger partial charge in [-0.1, -0.05) is 37.3 Å². The van der Waals surface area contributed by atoms with Crippen LogP contribution in [-0.2, 0) is 4.79 Å². The van der Waals surface area contributed by atoms with Gasteiger partial charge in [-0.05, 0) is 12.0 Å². The highest BCUT2D eigenvalue weighted by atomic mass is 16.1. The van der Waals surface area contributed by atoms with Crippen LogP contribution in [0.4, 0.5) is 0 Å². The van der Waals surface area contributed by atoms with Crippen molar-refractivity contribution in [1.82, 2.24) is 5.32 Å². The summed E-state index contributed by atoms with van der Waals surface area (Å²) in [5.74, 6) is 0. The van der Waals surface area contributed by atoms with E-state index in [1.165, 1.54) is 5.56 Å². The highest BCUT2D eigenvalue weighted by Gasteiger charge is 2.05. The van der Waals surface area contributed by atoms with Crippen LogP contribution >= 0.6 is 0 Å². The van der Waals surface area contributed by atoms with Crippen LogP contribution < -0.4 is 5.32 Å². The molecule has 0 aliphatic carbocycles. The summed E-state index contributed by atoms with van der Waals surface area (Å²) in [4.78, 5) is 10.2. The maximum atomic E-state index is 10.2. The molecular formula is C11H15NO. The van der Waals surface area contributed by atoms with E-state index in [9.17, 15) is 4.79 Å². The summed E-state index contributed by atoms with van der Waals surface area (Å²) in [6.45, 7) is 2.53. The Hall–Kier alpha value is -1.15. The molecule has 0 amide bonds.